The van der Waals surface area contributed by atoms with E-state index in [2.05, 4.69) is 15.3 Å². The summed E-state index contributed by atoms with van der Waals surface area (Å²) in [4.78, 5) is 21.3. The van der Waals surface area contributed by atoms with Crippen molar-refractivity contribution in [3.8, 4) is 0 Å². The minimum Gasteiger partial charge on any atom is -0.321 e. The highest BCUT2D eigenvalue weighted by Gasteiger charge is 2.12. The molecule has 110 valence electrons. The number of aromatic nitrogens is 2. The molecular weight excluding hydrogens is 286 g/mol. The van der Waals surface area contributed by atoms with E-state index in [1.807, 2.05) is 54.6 Å². The molecule has 4 rings (SSSR count). The number of carbonyl (C=O) groups is 1. The zero-order valence-electron chi connectivity index (χ0n) is 12.2. The van der Waals surface area contributed by atoms with Gasteiger partial charge in [0, 0.05) is 23.2 Å². The van der Waals surface area contributed by atoms with Crippen molar-refractivity contribution in [3.05, 3.63) is 78.6 Å². The molecule has 0 unspecified atom stereocenters. The van der Waals surface area contributed by atoms with Crippen LogP contribution >= 0.6 is 0 Å². The lowest BCUT2D eigenvalue weighted by Crippen LogP contribution is -2.13. The maximum atomic E-state index is 12.7. The third-order valence-electron chi connectivity index (χ3n) is 3.77. The highest BCUT2D eigenvalue weighted by molar-refractivity contribution is 6.14. The average Bonchev–Trinajstić information content (AvgIpc) is 2.61. The van der Waals surface area contributed by atoms with Gasteiger partial charge in [-0.1, -0.05) is 24.3 Å². The first-order chi connectivity index (χ1) is 11.3. The van der Waals surface area contributed by atoms with Crippen LogP contribution in [-0.2, 0) is 0 Å². The van der Waals surface area contributed by atoms with Gasteiger partial charge in [-0.3, -0.25) is 14.8 Å². The van der Waals surface area contributed by atoms with Gasteiger partial charge in [0.2, 0.25) is 0 Å². The van der Waals surface area contributed by atoms with Crippen molar-refractivity contribution in [1.29, 1.82) is 0 Å². The van der Waals surface area contributed by atoms with Crippen molar-refractivity contribution in [1.82, 2.24) is 9.97 Å². The average molecular weight is 299 g/mol. The van der Waals surface area contributed by atoms with Gasteiger partial charge in [-0.25, -0.2) is 0 Å². The molecule has 0 saturated heterocycles. The Labute approximate surface area is 132 Å². The Morgan fingerprint density at radius 3 is 2.57 bits per heavy atom. The monoisotopic (exact) mass is 299 g/mol. The SMILES string of the molecule is O=C(Nc1cccc2ncccc12)c1cccc2cccnc12. The van der Waals surface area contributed by atoms with Crippen molar-refractivity contribution >= 4 is 33.4 Å². The van der Waals surface area contributed by atoms with Gasteiger partial charge < -0.3 is 5.32 Å². The highest BCUT2D eigenvalue weighted by Crippen LogP contribution is 2.23. The molecule has 4 nitrogen and oxygen atoms in total. The van der Waals surface area contributed by atoms with Crippen LogP contribution in [-0.4, -0.2) is 15.9 Å². The standard InChI is InChI=1S/C19H13N3O/c23-19(15-7-1-5-13-6-3-12-21-18(13)15)22-17-10-2-9-16-14(17)8-4-11-20-16/h1-12H,(H,22,23). The molecule has 0 atom stereocenters. The van der Waals surface area contributed by atoms with Crippen molar-refractivity contribution < 1.29 is 4.79 Å². The molecule has 0 bridgehead atoms. The van der Waals surface area contributed by atoms with E-state index < -0.39 is 0 Å². The molecule has 2 heterocycles. The van der Waals surface area contributed by atoms with Gasteiger partial charge in [0.25, 0.3) is 5.91 Å². The van der Waals surface area contributed by atoms with Gasteiger partial charge in [-0.2, -0.15) is 0 Å². The Kier molecular flexibility index (Phi) is 3.20. The maximum absolute atomic E-state index is 12.7. The smallest absolute Gasteiger partial charge is 0.257 e. The fourth-order valence-corrected chi connectivity index (χ4v) is 2.69. The van der Waals surface area contributed by atoms with Crippen LogP contribution in [0.4, 0.5) is 5.69 Å². The third kappa shape index (κ3) is 2.40. The predicted molar refractivity (Wildman–Crippen MR) is 91.4 cm³/mol. The molecule has 4 heteroatoms. The van der Waals surface area contributed by atoms with E-state index in [4.69, 9.17) is 0 Å². The first-order valence-electron chi connectivity index (χ1n) is 7.32. The number of hydrogen-bond acceptors (Lipinski definition) is 3. The zero-order chi connectivity index (χ0) is 15.6. The van der Waals surface area contributed by atoms with E-state index >= 15 is 0 Å². The van der Waals surface area contributed by atoms with Crippen LogP contribution in [0.3, 0.4) is 0 Å². The summed E-state index contributed by atoms with van der Waals surface area (Å²) in [5, 5.41) is 4.83. The lowest BCUT2D eigenvalue weighted by atomic mass is 10.1. The van der Waals surface area contributed by atoms with Crippen LogP contribution in [0.5, 0.6) is 0 Å². The van der Waals surface area contributed by atoms with Crippen LogP contribution in [0.2, 0.25) is 0 Å². The topological polar surface area (TPSA) is 54.9 Å². The third-order valence-corrected chi connectivity index (χ3v) is 3.77. The number of pyridine rings is 2. The van der Waals surface area contributed by atoms with Crippen molar-refractivity contribution in [3.63, 3.8) is 0 Å². The zero-order valence-corrected chi connectivity index (χ0v) is 12.2. The van der Waals surface area contributed by atoms with Crippen molar-refractivity contribution in [2.75, 3.05) is 5.32 Å². The summed E-state index contributed by atoms with van der Waals surface area (Å²) in [5.41, 5.74) is 2.85. The van der Waals surface area contributed by atoms with Gasteiger partial charge >= 0.3 is 0 Å². The van der Waals surface area contributed by atoms with E-state index in [0.29, 0.717) is 11.1 Å². The Hall–Kier alpha value is -3.27. The minimum atomic E-state index is -0.175. The van der Waals surface area contributed by atoms with Crippen LogP contribution in [0.25, 0.3) is 21.8 Å². The number of benzene rings is 2. The van der Waals surface area contributed by atoms with E-state index in [9.17, 15) is 4.79 Å². The van der Waals surface area contributed by atoms with Crippen molar-refractivity contribution in [2.45, 2.75) is 0 Å². The van der Waals surface area contributed by atoms with E-state index in [1.165, 1.54) is 0 Å². The maximum Gasteiger partial charge on any atom is 0.257 e. The summed E-state index contributed by atoms with van der Waals surface area (Å²) in [6.45, 7) is 0. The molecule has 0 aliphatic rings. The predicted octanol–water partition coefficient (Wildman–Crippen LogP) is 4.04. The summed E-state index contributed by atoms with van der Waals surface area (Å²) in [5.74, 6) is -0.175. The molecule has 4 aromatic rings. The van der Waals surface area contributed by atoms with E-state index in [1.54, 1.807) is 18.5 Å². The lowest BCUT2D eigenvalue weighted by Gasteiger charge is -2.09. The number of fused-ring (bicyclic) bond motifs is 2. The molecule has 1 amide bonds. The molecule has 0 spiro atoms. The summed E-state index contributed by atoms with van der Waals surface area (Å²) < 4.78 is 0. The number of carbonyl (C=O) groups excluding carboxylic acids is 1. The quantitative estimate of drug-likeness (QED) is 0.608. The number of hydrogen-bond donors (Lipinski definition) is 1. The summed E-state index contributed by atoms with van der Waals surface area (Å²) >= 11 is 0. The number of para-hydroxylation sites is 1. The van der Waals surface area contributed by atoms with Crippen LogP contribution < -0.4 is 5.32 Å². The molecule has 0 fully saturated rings. The second kappa shape index (κ2) is 5.50. The molecule has 0 aliphatic heterocycles. The summed E-state index contributed by atoms with van der Waals surface area (Å²) in [6, 6.07) is 18.9. The summed E-state index contributed by atoms with van der Waals surface area (Å²) in [6.07, 6.45) is 3.43. The van der Waals surface area contributed by atoms with Crippen LogP contribution in [0, 0.1) is 0 Å². The molecule has 0 aliphatic carbocycles. The number of amides is 1. The first kappa shape index (κ1) is 13.4. The fraction of sp³-hybridized carbons (Fsp3) is 0. The Bertz CT molecular complexity index is 1020. The van der Waals surface area contributed by atoms with Gasteiger partial charge in [0.15, 0.2) is 0 Å². The number of rotatable bonds is 2. The van der Waals surface area contributed by atoms with E-state index in [-0.39, 0.29) is 5.91 Å². The molecule has 2 aromatic carbocycles. The van der Waals surface area contributed by atoms with Gasteiger partial charge in [0.1, 0.15) is 0 Å². The fourth-order valence-electron chi connectivity index (χ4n) is 2.69. The van der Waals surface area contributed by atoms with Gasteiger partial charge in [-0.15, -0.1) is 0 Å². The van der Waals surface area contributed by atoms with Crippen LogP contribution in [0.15, 0.2) is 73.1 Å². The number of anilines is 1. The Morgan fingerprint density at radius 2 is 1.61 bits per heavy atom. The minimum absolute atomic E-state index is 0.175. The Balaban J connectivity index is 1.77. The van der Waals surface area contributed by atoms with Gasteiger partial charge in [-0.05, 0) is 36.4 Å². The first-order valence-corrected chi connectivity index (χ1v) is 7.32. The number of nitrogens with zero attached hydrogens (tertiary/aromatic N) is 2. The van der Waals surface area contributed by atoms with Crippen LogP contribution in [0.1, 0.15) is 10.4 Å². The highest BCUT2D eigenvalue weighted by atomic mass is 16.1. The molecule has 23 heavy (non-hydrogen) atoms. The molecule has 0 radical (unpaired) electrons. The second-order valence-electron chi connectivity index (χ2n) is 5.21. The van der Waals surface area contributed by atoms with Gasteiger partial charge in [0.05, 0.1) is 22.3 Å². The molecule has 1 N–H and O–H groups in total. The molecular formula is C19H13N3O. The normalized spacial score (nSPS) is 10.8. The lowest BCUT2D eigenvalue weighted by molar-refractivity contribution is 0.102. The summed E-state index contributed by atoms with van der Waals surface area (Å²) in [7, 11) is 0. The van der Waals surface area contributed by atoms with E-state index in [0.717, 1.165) is 22.0 Å². The second-order valence-corrected chi connectivity index (χ2v) is 5.21. The Morgan fingerprint density at radius 1 is 0.826 bits per heavy atom. The van der Waals surface area contributed by atoms with Crippen molar-refractivity contribution in [2.24, 2.45) is 0 Å². The largest absolute Gasteiger partial charge is 0.321 e. The molecule has 2 aromatic heterocycles. The number of nitrogens with one attached hydrogen (secondary N) is 1. The molecule has 0 saturated carbocycles.